The Kier molecular flexibility index (Phi) is 5.62. The van der Waals surface area contributed by atoms with E-state index in [4.69, 9.17) is 4.74 Å². The highest BCUT2D eigenvalue weighted by molar-refractivity contribution is 7.89. The first-order valence-corrected chi connectivity index (χ1v) is 14.1. The van der Waals surface area contributed by atoms with Gasteiger partial charge in [-0.2, -0.15) is 4.31 Å². The third-order valence-electron chi connectivity index (χ3n) is 7.71. The van der Waals surface area contributed by atoms with Gasteiger partial charge in [-0.25, -0.2) is 8.42 Å². The van der Waals surface area contributed by atoms with Crippen LogP contribution in [0.1, 0.15) is 24.8 Å². The minimum atomic E-state index is -3.86. The van der Waals surface area contributed by atoms with E-state index in [0.29, 0.717) is 19.7 Å². The number of rotatable bonds is 6. The zero-order valence-electron chi connectivity index (χ0n) is 20.8. The quantitative estimate of drug-likeness (QED) is 0.552. The molecule has 1 aliphatic carbocycles. The first-order chi connectivity index (χ1) is 17.2. The Bertz CT molecular complexity index is 1440. The van der Waals surface area contributed by atoms with E-state index in [1.165, 1.54) is 11.4 Å². The van der Waals surface area contributed by atoms with Gasteiger partial charge in [0, 0.05) is 61.1 Å². The molecule has 1 aromatic heterocycles. The first kappa shape index (κ1) is 23.5. The van der Waals surface area contributed by atoms with Crippen molar-refractivity contribution in [1.82, 2.24) is 14.2 Å². The molecule has 0 atom stereocenters. The van der Waals surface area contributed by atoms with Crippen LogP contribution in [0.3, 0.4) is 0 Å². The maximum absolute atomic E-state index is 13.6. The summed E-state index contributed by atoms with van der Waals surface area (Å²) >= 11 is 0. The van der Waals surface area contributed by atoms with Gasteiger partial charge in [0.05, 0.1) is 23.6 Å². The van der Waals surface area contributed by atoms with Crippen molar-refractivity contribution in [2.75, 3.05) is 51.3 Å². The SMILES string of the molecule is Cc1ccc2cc(-c3cc(S(=O)(=O)N(C)CC(=O)N4CCOC5(CC5)C4)ccc3N3CCC3)[nH]c2c1. The minimum Gasteiger partial charge on any atom is -0.371 e. The molecule has 3 aliphatic rings. The number of anilines is 1. The second kappa shape index (κ2) is 8.61. The lowest BCUT2D eigenvalue weighted by molar-refractivity contribution is -0.140. The van der Waals surface area contributed by atoms with E-state index in [9.17, 15) is 13.2 Å². The Hall–Kier alpha value is -2.88. The van der Waals surface area contributed by atoms with Crippen molar-refractivity contribution in [3.05, 3.63) is 48.0 Å². The number of sulfonamides is 1. The van der Waals surface area contributed by atoms with E-state index < -0.39 is 10.0 Å². The van der Waals surface area contributed by atoms with E-state index >= 15 is 0 Å². The number of hydrogen-bond acceptors (Lipinski definition) is 5. The van der Waals surface area contributed by atoms with Crippen LogP contribution in [0.25, 0.3) is 22.2 Å². The van der Waals surface area contributed by atoms with Crippen LogP contribution >= 0.6 is 0 Å². The number of ether oxygens (including phenoxy) is 1. The Morgan fingerprint density at radius 2 is 1.92 bits per heavy atom. The molecule has 1 amide bonds. The number of hydrogen-bond donors (Lipinski definition) is 1. The summed E-state index contributed by atoms with van der Waals surface area (Å²) in [7, 11) is -2.38. The number of carbonyl (C=O) groups is 1. The number of carbonyl (C=O) groups excluding carboxylic acids is 1. The van der Waals surface area contributed by atoms with Gasteiger partial charge in [0.1, 0.15) is 0 Å². The number of nitrogens with zero attached hydrogens (tertiary/aromatic N) is 3. The van der Waals surface area contributed by atoms with Gasteiger partial charge in [-0.15, -0.1) is 0 Å². The van der Waals surface area contributed by atoms with Crippen LogP contribution in [0.2, 0.25) is 0 Å². The molecule has 3 aromatic rings. The summed E-state index contributed by atoms with van der Waals surface area (Å²) in [5.41, 5.74) is 4.75. The molecular weight excluding hydrogens is 476 g/mol. The zero-order valence-corrected chi connectivity index (χ0v) is 21.6. The summed E-state index contributed by atoms with van der Waals surface area (Å²) in [5.74, 6) is -0.181. The largest absolute Gasteiger partial charge is 0.371 e. The minimum absolute atomic E-state index is 0.181. The Morgan fingerprint density at radius 3 is 2.64 bits per heavy atom. The fourth-order valence-corrected chi connectivity index (χ4v) is 6.31. The molecule has 6 rings (SSSR count). The molecule has 1 saturated carbocycles. The number of benzene rings is 2. The maximum atomic E-state index is 13.6. The van der Waals surface area contributed by atoms with Gasteiger partial charge in [-0.3, -0.25) is 4.79 Å². The highest BCUT2D eigenvalue weighted by Crippen LogP contribution is 2.42. The summed E-state index contributed by atoms with van der Waals surface area (Å²) in [4.78, 5) is 20.6. The fraction of sp³-hybridized carbons (Fsp3) is 0.444. The number of aryl methyl sites for hydroxylation is 1. The number of aromatic amines is 1. The van der Waals surface area contributed by atoms with Crippen molar-refractivity contribution >= 4 is 32.5 Å². The number of likely N-dealkylation sites (N-methyl/N-ethyl adjacent to an activating group) is 1. The van der Waals surface area contributed by atoms with Crippen LogP contribution in [0, 0.1) is 6.92 Å². The lowest BCUT2D eigenvalue weighted by atomic mass is 10.1. The normalized spacial score (nSPS) is 19.2. The van der Waals surface area contributed by atoms with E-state index in [-0.39, 0.29) is 22.9 Å². The third-order valence-corrected chi connectivity index (χ3v) is 9.51. The third kappa shape index (κ3) is 4.19. The Morgan fingerprint density at radius 1 is 1.11 bits per heavy atom. The fourth-order valence-electron chi connectivity index (χ4n) is 5.17. The predicted octanol–water partition coefficient (Wildman–Crippen LogP) is 3.37. The lowest BCUT2D eigenvalue weighted by Gasteiger charge is -2.35. The highest BCUT2D eigenvalue weighted by Gasteiger charge is 2.48. The molecule has 1 spiro atoms. The average Bonchev–Trinajstić information content (AvgIpc) is 3.42. The predicted molar refractivity (Wildman–Crippen MR) is 140 cm³/mol. The standard InChI is InChI=1S/C27H32N4O4S/c1-19-4-5-20-15-24(28-23(20)14-19)22-16-21(6-7-25(22)30-10-3-11-30)36(33,34)29(2)17-26(32)31-12-13-35-27(18-31)8-9-27/h4-7,14-16,28H,3,8-13,17-18H2,1-2H3. The van der Waals surface area contributed by atoms with Gasteiger partial charge in [0.2, 0.25) is 15.9 Å². The van der Waals surface area contributed by atoms with Crippen LogP contribution in [-0.2, 0) is 19.6 Å². The summed E-state index contributed by atoms with van der Waals surface area (Å²) in [6.45, 7) is 5.33. The molecule has 8 nitrogen and oxygen atoms in total. The average molecular weight is 509 g/mol. The van der Waals surface area contributed by atoms with Crippen LogP contribution in [0.5, 0.6) is 0 Å². The van der Waals surface area contributed by atoms with Crippen molar-refractivity contribution < 1.29 is 17.9 Å². The first-order valence-electron chi connectivity index (χ1n) is 12.6. The second-order valence-corrected chi connectivity index (χ2v) is 12.4. The Labute approximate surface area is 211 Å². The molecule has 9 heteroatoms. The van der Waals surface area contributed by atoms with Crippen LogP contribution in [-0.4, -0.2) is 80.5 Å². The molecule has 2 saturated heterocycles. The van der Waals surface area contributed by atoms with E-state index in [1.807, 2.05) is 6.07 Å². The number of morpholine rings is 1. The van der Waals surface area contributed by atoms with E-state index in [2.05, 4.69) is 41.1 Å². The van der Waals surface area contributed by atoms with E-state index in [0.717, 1.165) is 65.8 Å². The monoisotopic (exact) mass is 508 g/mol. The van der Waals surface area contributed by atoms with Crippen molar-refractivity contribution in [3.63, 3.8) is 0 Å². The van der Waals surface area contributed by atoms with Crippen molar-refractivity contribution in [2.45, 2.75) is 36.7 Å². The van der Waals surface area contributed by atoms with Gasteiger partial charge in [0.15, 0.2) is 0 Å². The number of nitrogens with one attached hydrogen (secondary N) is 1. The Balaban J connectivity index is 1.29. The van der Waals surface area contributed by atoms with E-state index in [1.54, 1.807) is 17.0 Å². The molecule has 0 unspecified atom stereocenters. The molecule has 3 fully saturated rings. The van der Waals surface area contributed by atoms with Crippen LogP contribution in [0.4, 0.5) is 5.69 Å². The van der Waals surface area contributed by atoms with Gasteiger partial charge >= 0.3 is 0 Å². The molecule has 0 radical (unpaired) electrons. The summed E-state index contributed by atoms with van der Waals surface area (Å²) in [5, 5.41) is 1.08. The molecule has 0 bridgehead atoms. The molecule has 36 heavy (non-hydrogen) atoms. The topological polar surface area (TPSA) is 85.9 Å². The number of amides is 1. The van der Waals surface area contributed by atoms with Gasteiger partial charge in [-0.05, 0) is 62.1 Å². The van der Waals surface area contributed by atoms with Gasteiger partial charge < -0.3 is 19.5 Å². The van der Waals surface area contributed by atoms with Gasteiger partial charge in [-0.1, -0.05) is 12.1 Å². The summed E-state index contributed by atoms with van der Waals surface area (Å²) in [6.07, 6.45) is 3.05. The van der Waals surface area contributed by atoms with Crippen molar-refractivity contribution in [3.8, 4) is 11.3 Å². The zero-order chi connectivity index (χ0) is 25.1. The maximum Gasteiger partial charge on any atom is 0.243 e. The van der Waals surface area contributed by atoms with Crippen LogP contribution < -0.4 is 4.90 Å². The van der Waals surface area contributed by atoms with Crippen LogP contribution in [0.15, 0.2) is 47.4 Å². The number of H-pyrrole nitrogens is 1. The molecular formula is C27H32N4O4S. The summed E-state index contributed by atoms with van der Waals surface area (Å²) in [6, 6.07) is 13.6. The molecule has 190 valence electrons. The molecule has 3 heterocycles. The number of fused-ring (bicyclic) bond motifs is 1. The van der Waals surface area contributed by atoms with Crippen molar-refractivity contribution in [1.29, 1.82) is 0 Å². The molecule has 1 N–H and O–H groups in total. The smallest absolute Gasteiger partial charge is 0.243 e. The van der Waals surface area contributed by atoms with Gasteiger partial charge in [0.25, 0.3) is 0 Å². The second-order valence-electron chi connectivity index (χ2n) is 10.4. The molecule has 2 aromatic carbocycles. The summed E-state index contributed by atoms with van der Waals surface area (Å²) < 4.78 is 34.1. The molecule has 2 aliphatic heterocycles. The highest BCUT2D eigenvalue weighted by atomic mass is 32.2. The van der Waals surface area contributed by atoms with Crippen molar-refractivity contribution in [2.24, 2.45) is 0 Å². The number of aromatic nitrogens is 1. The lowest BCUT2D eigenvalue weighted by Crippen LogP contribution is -2.50.